The first kappa shape index (κ1) is 25.9. The molecule has 0 saturated heterocycles. The van der Waals surface area contributed by atoms with Crippen molar-refractivity contribution in [1.82, 2.24) is 9.71 Å². The largest absolute Gasteiger partial charge is 0.417 e. The second-order valence-corrected chi connectivity index (χ2v) is 10.4. The van der Waals surface area contributed by atoms with Gasteiger partial charge in [-0.3, -0.25) is 4.79 Å². The third-order valence-electron chi connectivity index (χ3n) is 5.67. The fourth-order valence-electron chi connectivity index (χ4n) is 3.79. The number of aryl methyl sites for hydroxylation is 1. The maximum Gasteiger partial charge on any atom is 0.417 e. The minimum absolute atomic E-state index is 0.0349. The molecular weight excluding hydrogens is 520 g/mol. The van der Waals surface area contributed by atoms with Gasteiger partial charge in [-0.1, -0.05) is 35.9 Å². The molecule has 1 aromatic heterocycles. The molecule has 0 aliphatic carbocycles. The first-order valence-electron chi connectivity index (χ1n) is 10.6. The molecule has 0 aliphatic rings. The Balaban J connectivity index is 1.54. The van der Waals surface area contributed by atoms with E-state index in [0.29, 0.717) is 22.8 Å². The van der Waals surface area contributed by atoms with Crippen molar-refractivity contribution in [1.29, 1.82) is 0 Å². The van der Waals surface area contributed by atoms with Gasteiger partial charge in [0.1, 0.15) is 5.82 Å². The molecule has 0 amide bonds. The number of pyridine rings is 1. The molecule has 0 unspecified atom stereocenters. The topological polar surface area (TPSA) is 79.0 Å². The van der Waals surface area contributed by atoms with Gasteiger partial charge in [0.15, 0.2) is 0 Å². The van der Waals surface area contributed by atoms with Gasteiger partial charge in [-0.15, -0.1) is 0 Å². The van der Waals surface area contributed by atoms with Crippen LogP contribution in [-0.2, 0) is 29.2 Å². The van der Waals surface area contributed by atoms with E-state index in [-0.39, 0.29) is 39.4 Å². The lowest BCUT2D eigenvalue weighted by molar-refractivity contribution is -0.136. The molecule has 0 radical (unpaired) electrons. The van der Waals surface area contributed by atoms with Gasteiger partial charge in [-0.05, 0) is 60.4 Å². The van der Waals surface area contributed by atoms with Crippen molar-refractivity contribution in [3.63, 3.8) is 0 Å². The maximum absolute atomic E-state index is 14.1. The number of sulfonamides is 1. The van der Waals surface area contributed by atoms with Crippen LogP contribution in [0.15, 0.2) is 70.4 Å². The van der Waals surface area contributed by atoms with Crippen molar-refractivity contribution in [2.24, 2.45) is 0 Å². The molecule has 2 N–H and O–H groups in total. The Kier molecular flexibility index (Phi) is 6.96. The fourth-order valence-corrected chi connectivity index (χ4v) is 5.01. The third-order valence-corrected chi connectivity index (χ3v) is 7.62. The Labute approximate surface area is 208 Å². The van der Waals surface area contributed by atoms with E-state index in [1.165, 1.54) is 48.5 Å². The summed E-state index contributed by atoms with van der Waals surface area (Å²) in [6, 6.07) is 13.3. The second kappa shape index (κ2) is 9.68. The van der Waals surface area contributed by atoms with Crippen LogP contribution in [0, 0.1) is 12.7 Å². The Morgan fingerprint density at radius 2 is 1.64 bits per heavy atom. The van der Waals surface area contributed by atoms with E-state index in [9.17, 15) is 30.8 Å². The zero-order valence-corrected chi connectivity index (χ0v) is 20.3. The Morgan fingerprint density at radius 3 is 2.31 bits per heavy atom. The quantitative estimate of drug-likeness (QED) is 0.308. The molecule has 4 aromatic rings. The highest BCUT2D eigenvalue weighted by Crippen LogP contribution is 2.34. The Bertz CT molecular complexity index is 1620. The van der Waals surface area contributed by atoms with Gasteiger partial charge in [-0.25, -0.2) is 17.5 Å². The number of hydrogen-bond donors (Lipinski definition) is 2. The molecule has 0 bridgehead atoms. The van der Waals surface area contributed by atoms with E-state index in [4.69, 9.17) is 11.6 Å². The predicted octanol–water partition coefficient (Wildman–Crippen LogP) is 5.72. The summed E-state index contributed by atoms with van der Waals surface area (Å²) in [6.45, 7) is 1.34. The SMILES string of the molecule is Cc1ccc(F)c(CNS(=O)(=O)c2ccc(Cc3ccc4[nH]c(=O)cc(C(F)(F)F)c4c3)cc2)c1Cl. The molecule has 36 heavy (non-hydrogen) atoms. The van der Waals surface area contributed by atoms with Gasteiger partial charge in [0.2, 0.25) is 15.6 Å². The number of fused-ring (bicyclic) bond motifs is 1. The Morgan fingerprint density at radius 1 is 0.972 bits per heavy atom. The van der Waals surface area contributed by atoms with E-state index in [1.54, 1.807) is 13.0 Å². The third kappa shape index (κ3) is 5.45. The van der Waals surface area contributed by atoms with E-state index >= 15 is 0 Å². The molecule has 4 rings (SSSR count). The predicted molar refractivity (Wildman–Crippen MR) is 129 cm³/mol. The number of hydrogen-bond acceptors (Lipinski definition) is 3. The summed E-state index contributed by atoms with van der Waals surface area (Å²) in [6.07, 6.45) is -4.47. The number of nitrogens with one attached hydrogen (secondary N) is 2. The highest BCUT2D eigenvalue weighted by Gasteiger charge is 2.33. The number of halogens is 5. The minimum atomic E-state index is -4.69. The lowest BCUT2D eigenvalue weighted by atomic mass is 10.0. The number of rotatable bonds is 6. The van der Waals surface area contributed by atoms with E-state index in [1.807, 2.05) is 0 Å². The Hall–Kier alpha value is -3.21. The zero-order chi connectivity index (χ0) is 26.3. The molecule has 188 valence electrons. The van der Waals surface area contributed by atoms with Crippen LogP contribution in [-0.4, -0.2) is 13.4 Å². The number of aromatic nitrogens is 1. The first-order chi connectivity index (χ1) is 16.8. The van der Waals surface area contributed by atoms with Gasteiger partial charge in [-0.2, -0.15) is 13.2 Å². The van der Waals surface area contributed by atoms with Crippen LogP contribution in [0.25, 0.3) is 10.9 Å². The maximum atomic E-state index is 14.1. The van der Waals surface area contributed by atoms with Crippen molar-refractivity contribution in [2.75, 3.05) is 0 Å². The standard InChI is InChI=1S/C25H19ClF4N2O3S/c1-14-2-8-21(27)19(24(14)26)13-31-36(34,35)17-6-3-15(4-7-17)10-16-5-9-22-18(11-16)20(25(28,29)30)12-23(33)32-22/h2-9,11-12,31H,10,13H2,1H3,(H,32,33). The highest BCUT2D eigenvalue weighted by atomic mass is 35.5. The smallest absolute Gasteiger partial charge is 0.322 e. The van der Waals surface area contributed by atoms with Crippen LogP contribution in [0.2, 0.25) is 5.02 Å². The molecule has 5 nitrogen and oxygen atoms in total. The molecule has 1 heterocycles. The number of H-pyrrole nitrogens is 1. The van der Waals surface area contributed by atoms with Gasteiger partial charge >= 0.3 is 6.18 Å². The van der Waals surface area contributed by atoms with Crippen LogP contribution >= 0.6 is 11.6 Å². The van der Waals surface area contributed by atoms with Gasteiger partial charge in [0, 0.05) is 29.1 Å². The summed E-state index contributed by atoms with van der Waals surface area (Å²) in [4.78, 5) is 13.9. The molecule has 0 saturated carbocycles. The van der Waals surface area contributed by atoms with E-state index in [0.717, 1.165) is 0 Å². The second-order valence-electron chi connectivity index (χ2n) is 8.23. The molecular formula is C25H19ClF4N2O3S. The molecule has 0 aliphatic heterocycles. The van der Waals surface area contributed by atoms with Crippen LogP contribution in [0.3, 0.4) is 0 Å². The molecule has 11 heteroatoms. The van der Waals surface area contributed by atoms with E-state index < -0.39 is 33.1 Å². The van der Waals surface area contributed by atoms with E-state index in [2.05, 4.69) is 9.71 Å². The summed E-state index contributed by atoms with van der Waals surface area (Å²) < 4.78 is 82.0. The summed E-state index contributed by atoms with van der Waals surface area (Å²) >= 11 is 6.10. The van der Waals surface area contributed by atoms with Gasteiger partial charge < -0.3 is 4.98 Å². The van der Waals surface area contributed by atoms with Crippen LogP contribution in [0.4, 0.5) is 17.6 Å². The van der Waals surface area contributed by atoms with Crippen molar-refractivity contribution in [2.45, 2.75) is 31.0 Å². The molecule has 0 atom stereocenters. The number of aromatic amines is 1. The van der Waals surface area contributed by atoms with Crippen molar-refractivity contribution >= 4 is 32.5 Å². The highest BCUT2D eigenvalue weighted by molar-refractivity contribution is 7.89. The lowest BCUT2D eigenvalue weighted by Crippen LogP contribution is -2.24. The normalized spacial score (nSPS) is 12.3. The average Bonchev–Trinajstić information content (AvgIpc) is 2.81. The van der Waals surface area contributed by atoms with Crippen LogP contribution in [0.1, 0.15) is 27.8 Å². The minimum Gasteiger partial charge on any atom is -0.322 e. The van der Waals surface area contributed by atoms with Crippen LogP contribution < -0.4 is 10.3 Å². The molecule has 0 spiro atoms. The van der Waals surface area contributed by atoms with Crippen LogP contribution in [0.5, 0.6) is 0 Å². The zero-order valence-electron chi connectivity index (χ0n) is 18.7. The molecule has 3 aromatic carbocycles. The lowest BCUT2D eigenvalue weighted by Gasteiger charge is -2.12. The summed E-state index contributed by atoms with van der Waals surface area (Å²) in [7, 11) is -3.98. The van der Waals surface area contributed by atoms with Crippen molar-refractivity contribution in [3.8, 4) is 0 Å². The summed E-state index contributed by atoms with van der Waals surface area (Å²) in [5.74, 6) is -0.628. The van der Waals surface area contributed by atoms with Crippen molar-refractivity contribution < 1.29 is 26.0 Å². The number of alkyl halides is 3. The monoisotopic (exact) mass is 538 g/mol. The average molecular weight is 539 g/mol. The summed E-state index contributed by atoms with van der Waals surface area (Å²) in [5.41, 5.74) is 0.0292. The number of benzene rings is 3. The first-order valence-corrected chi connectivity index (χ1v) is 12.5. The van der Waals surface area contributed by atoms with Gasteiger partial charge in [0.25, 0.3) is 0 Å². The molecule has 0 fully saturated rings. The van der Waals surface area contributed by atoms with Crippen molar-refractivity contribution in [3.05, 3.63) is 110 Å². The van der Waals surface area contributed by atoms with Gasteiger partial charge in [0.05, 0.1) is 15.5 Å². The summed E-state index contributed by atoms with van der Waals surface area (Å²) in [5, 5.41) is 0.00577. The fraction of sp³-hybridized carbons (Fsp3) is 0.160.